The van der Waals surface area contributed by atoms with Crippen LogP contribution in [0.2, 0.25) is 0 Å². The zero-order chi connectivity index (χ0) is 18.1. The lowest BCUT2D eigenvalue weighted by Gasteiger charge is -2.25. The molecule has 2 aromatic heterocycles. The highest BCUT2D eigenvalue weighted by Crippen LogP contribution is 2.34. The summed E-state index contributed by atoms with van der Waals surface area (Å²) in [5.41, 5.74) is 1.84. The number of fused-ring (bicyclic) bond motifs is 2. The fraction of sp³-hybridized carbons (Fsp3) is 0.368. The van der Waals surface area contributed by atoms with Crippen molar-refractivity contribution in [3.05, 3.63) is 57.5 Å². The van der Waals surface area contributed by atoms with Gasteiger partial charge in [0.2, 0.25) is 0 Å². The van der Waals surface area contributed by atoms with Gasteiger partial charge in [-0.15, -0.1) is 11.3 Å². The van der Waals surface area contributed by atoms with Crippen molar-refractivity contribution in [1.82, 2.24) is 14.7 Å². The second-order valence-corrected chi connectivity index (χ2v) is 7.52. The summed E-state index contributed by atoms with van der Waals surface area (Å²) in [5, 5.41) is 5.41. The molecule has 136 valence electrons. The van der Waals surface area contributed by atoms with Gasteiger partial charge in [0.25, 0.3) is 5.56 Å². The highest BCUT2D eigenvalue weighted by molar-refractivity contribution is 7.15. The Balaban J connectivity index is 1.56. The molecule has 3 aromatic rings. The number of nitrogens with zero attached hydrogens (tertiary/aromatic N) is 2. The van der Waals surface area contributed by atoms with Gasteiger partial charge in [-0.3, -0.25) is 9.20 Å². The van der Waals surface area contributed by atoms with Gasteiger partial charge >= 0.3 is 0 Å². The molecule has 1 atom stereocenters. The largest absolute Gasteiger partial charge is 0.486 e. The molecular weight excluding hydrogens is 350 g/mol. The zero-order valence-electron chi connectivity index (χ0n) is 14.8. The molecule has 0 unspecified atom stereocenters. The van der Waals surface area contributed by atoms with E-state index in [1.54, 1.807) is 16.7 Å². The van der Waals surface area contributed by atoms with Gasteiger partial charge in [-0.1, -0.05) is 19.9 Å². The van der Waals surface area contributed by atoms with E-state index >= 15 is 0 Å². The normalized spacial score (nSPS) is 14.7. The number of thiazole rings is 1. The molecule has 1 aliphatic heterocycles. The summed E-state index contributed by atoms with van der Waals surface area (Å²) in [6.07, 6.45) is 1.75. The van der Waals surface area contributed by atoms with E-state index in [0.717, 1.165) is 27.7 Å². The molecule has 0 radical (unpaired) electrons. The molecule has 0 bridgehead atoms. The van der Waals surface area contributed by atoms with Gasteiger partial charge in [0.05, 0.1) is 5.69 Å². The highest BCUT2D eigenvalue weighted by atomic mass is 32.1. The minimum absolute atomic E-state index is 0.0477. The molecule has 1 aromatic carbocycles. The lowest BCUT2D eigenvalue weighted by Crippen LogP contribution is -2.27. The van der Waals surface area contributed by atoms with Crippen molar-refractivity contribution in [1.29, 1.82) is 0 Å². The third kappa shape index (κ3) is 3.32. The van der Waals surface area contributed by atoms with Crippen LogP contribution in [0.4, 0.5) is 0 Å². The summed E-state index contributed by atoms with van der Waals surface area (Å²) < 4.78 is 12.9. The number of aromatic nitrogens is 2. The maximum absolute atomic E-state index is 12.1. The SMILES string of the molecule is CC(C)[C@H](NCc1cc(=O)n2ccsc2n1)c1ccc2c(c1)OCCO2. The van der Waals surface area contributed by atoms with Crippen molar-refractivity contribution in [2.45, 2.75) is 26.4 Å². The molecule has 0 saturated carbocycles. The number of rotatable bonds is 5. The zero-order valence-corrected chi connectivity index (χ0v) is 15.6. The van der Waals surface area contributed by atoms with Crippen molar-refractivity contribution < 1.29 is 9.47 Å². The van der Waals surface area contributed by atoms with E-state index in [-0.39, 0.29) is 11.6 Å². The van der Waals surface area contributed by atoms with Crippen LogP contribution in [0.1, 0.15) is 31.1 Å². The molecule has 3 heterocycles. The minimum Gasteiger partial charge on any atom is -0.486 e. The molecule has 1 N–H and O–H groups in total. The Kier molecular flexibility index (Phi) is 4.65. The van der Waals surface area contributed by atoms with E-state index in [4.69, 9.17) is 9.47 Å². The Morgan fingerprint density at radius 1 is 1.23 bits per heavy atom. The van der Waals surface area contributed by atoms with Crippen LogP contribution in [0.15, 0.2) is 40.6 Å². The molecule has 0 aliphatic carbocycles. The van der Waals surface area contributed by atoms with Crippen LogP contribution in [0.5, 0.6) is 11.5 Å². The fourth-order valence-corrected chi connectivity index (χ4v) is 3.92. The van der Waals surface area contributed by atoms with Crippen LogP contribution in [0.25, 0.3) is 4.96 Å². The Labute approximate surface area is 155 Å². The Hall–Kier alpha value is -2.38. The lowest BCUT2D eigenvalue weighted by molar-refractivity contribution is 0.171. The fourth-order valence-electron chi connectivity index (χ4n) is 3.18. The number of ether oxygens (including phenoxy) is 2. The summed E-state index contributed by atoms with van der Waals surface area (Å²) in [7, 11) is 0. The molecule has 26 heavy (non-hydrogen) atoms. The molecule has 7 heteroatoms. The van der Waals surface area contributed by atoms with Crippen molar-refractivity contribution >= 4 is 16.3 Å². The van der Waals surface area contributed by atoms with Gasteiger partial charge in [-0.05, 0) is 23.6 Å². The van der Waals surface area contributed by atoms with Gasteiger partial charge in [0.15, 0.2) is 16.5 Å². The molecule has 6 nitrogen and oxygen atoms in total. The lowest BCUT2D eigenvalue weighted by atomic mass is 9.95. The summed E-state index contributed by atoms with van der Waals surface area (Å²) in [4.78, 5) is 17.4. The van der Waals surface area contributed by atoms with E-state index in [1.165, 1.54) is 11.3 Å². The van der Waals surface area contributed by atoms with E-state index < -0.39 is 0 Å². The Bertz CT molecular complexity index is 980. The minimum atomic E-state index is -0.0477. The third-order valence-corrected chi connectivity index (χ3v) is 5.21. The predicted octanol–water partition coefficient (Wildman–Crippen LogP) is 3.01. The Morgan fingerprint density at radius 3 is 2.85 bits per heavy atom. The quantitative estimate of drug-likeness (QED) is 0.747. The van der Waals surface area contributed by atoms with Crippen LogP contribution >= 0.6 is 11.3 Å². The molecule has 4 rings (SSSR count). The van der Waals surface area contributed by atoms with E-state index in [1.807, 2.05) is 17.5 Å². The van der Waals surface area contributed by atoms with E-state index in [0.29, 0.717) is 25.7 Å². The van der Waals surface area contributed by atoms with Gasteiger partial charge < -0.3 is 14.8 Å². The van der Waals surface area contributed by atoms with Crippen molar-refractivity contribution in [3.8, 4) is 11.5 Å². The second kappa shape index (κ2) is 7.09. The summed E-state index contributed by atoms with van der Waals surface area (Å²) in [5.74, 6) is 1.95. The average Bonchev–Trinajstić information content (AvgIpc) is 3.11. The number of nitrogens with one attached hydrogen (secondary N) is 1. The number of benzene rings is 1. The third-order valence-electron chi connectivity index (χ3n) is 4.45. The number of hydrogen-bond donors (Lipinski definition) is 1. The first kappa shape index (κ1) is 17.1. The first-order chi connectivity index (χ1) is 12.6. The smallest absolute Gasteiger partial charge is 0.258 e. The standard InChI is InChI=1S/C19H21N3O3S/c1-12(2)18(13-3-4-15-16(9-13)25-7-6-24-15)20-11-14-10-17(23)22-5-8-26-19(22)21-14/h3-5,8-10,12,18,20H,6-7,11H2,1-2H3/t18-/m0/s1. The van der Waals surface area contributed by atoms with E-state index in [9.17, 15) is 4.79 Å². The first-order valence-electron chi connectivity index (χ1n) is 8.70. The Morgan fingerprint density at radius 2 is 2.04 bits per heavy atom. The van der Waals surface area contributed by atoms with Crippen molar-refractivity contribution in [2.75, 3.05) is 13.2 Å². The summed E-state index contributed by atoms with van der Waals surface area (Å²) in [6.45, 7) is 6.02. The van der Waals surface area contributed by atoms with Gasteiger partial charge in [0, 0.05) is 30.2 Å². The number of hydrogen-bond acceptors (Lipinski definition) is 6. The monoisotopic (exact) mass is 371 g/mol. The summed E-state index contributed by atoms with van der Waals surface area (Å²) in [6, 6.07) is 7.78. The van der Waals surface area contributed by atoms with Crippen molar-refractivity contribution in [3.63, 3.8) is 0 Å². The highest BCUT2D eigenvalue weighted by Gasteiger charge is 2.19. The molecule has 0 amide bonds. The van der Waals surface area contributed by atoms with Crippen LogP contribution in [0, 0.1) is 5.92 Å². The maximum Gasteiger partial charge on any atom is 0.258 e. The van der Waals surface area contributed by atoms with Crippen LogP contribution in [0.3, 0.4) is 0 Å². The molecular formula is C19H21N3O3S. The van der Waals surface area contributed by atoms with Crippen LogP contribution < -0.4 is 20.3 Å². The topological polar surface area (TPSA) is 64.9 Å². The molecule has 0 spiro atoms. The maximum atomic E-state index is 12.1. The van der Waals surface area contributed by atoms with Crippen molar-refractivity contribution in [2.24, 2.45) is 5.92 Å². The average molecular weight is 371 g/mol. The van der Waals surface area contributed by atoms with Crippen LogP contribution in [-0.2, 0) is 6.54 Å². The van der Waals surface area contributed by atoms with Gasteiger partial charge in [-0.25, -0.2) is 4.98 Å². The molecule has 0 fully saturated rings. The molecule has 1 aliphatic rings. The van der Waals surface area contributed by atoms with Gasteiger partial charge in [-0.2, -0.15) is 0 Å². The first-order valence-corrected chi connectivity index (χ1v) is 9.58. The van der Waals surface area contributed by atoms with Gasteiger partial charge in [0.1, 0.15) is 13.2 Å². The second-order valence-electron chi connectivity index (χ2n) is 6.65. The summed E-state index contributed by atoms with van der Waals surface area (Å²) >= 11 is 1.46. The predicted molar refractivity (Wildman–Crippen MR) is 101 cm³/mol. The van der Waals surface area contributed by atoms with Crippen LogP contribution in [-0.4, -0.2) is 22.6 Å². The molecule has 0 saturated heterocycles. The van der Waals surface area contributed by atoms with E-state index in [2.05, 4.69) is 30.2 Å².